The van der Waals surface area contributed by atoms with E-state index >= 15 is 0 Å². The zero-order valence-corrected chi connectivity index (χ0v) is 15.7. The average Bonchev–Trinajstić information content (AvgIpc) is 2.49. The van der Waals surface area contributed by atoms with Crippen LogP contribution in [0.2, 0.25) is 5.02 Å². The molecule has 1 N–H and O–H groups in total. The predicted octanol–water partition coefficient (Wildman–Crippen LogP) is 5.70. The van der Waals surface area contributed by atoms with Gasteiger partial charge >= 0.3 is 0 Å². The van der Waals surface area contributed by atoms with Crippen LogP contribution in [0.1, 0.15) is 29.8 Å². The lowest BCUT2D eigenvalue weighted by molar-refractivity contribution is 0.102. The second-order valence-electron chi connectivity index (χ2n) is 5.77. The van der Waals surface area contributed by atoms with Crippen LogP contribution < -0.4 is 10.1 Å². The molecule has 0 aliphatic heterocycles. The molecule has 5 heteroatoms. The number of carbonyl (C=O) groups is 1. The quantitative estimate of drug-likeness (QED) is 0.704. The van der Waals surface area contributed by atoms with Crippen molar-refractivity contribution in [3.8, 4) is 5.75 Å². The van der Waals surface area contributed by atoms with Crippen LogP contribution in [0.4, 0.5) is 5.69 Å². The number of ether oxygens (including phenoxy) is 1. The van der Waals surface area contributed by atoms with E-state index in [1.54, 1.807) is 24.3 Å². The summed E-state index contributed by atoms with van der Waals surface area (Å²) in [5.41, 5.74) is 2.19. The maximum absolute atomic E-state index is 12.3. The second kappa shape index (κ2) is 7.84. The van der Waals surface area contributed by atoms with Gasteiger partial charge in [-0.05, 0) is 64.7 Å². The maximum atomic E-state index is 12.3. The molecule has 0 spiro atoms. The van der Waals surface area contributed by atoms with E-state index in [0.29, 0.717) is 28.8 Å². The highest BCUT2D eigenvalue weighted by Gasteiger charge is 2.10. The highest BCUT2D eigenvalue weighted by Crippen LogP contribution is 2.27. The molecule has 0 aliphatic carbocycles. The van der Waals surface area contributed by atoms with Gasteiger partial charge in [0.25, 0.3) is 5.91 Å². The van der Waals surface area contributed by atoms with Gasteiger partial charge in [-0.25, -0.2) is 0 Å². The van der Waals surface area contributed by atoms with E-state index in [9.17, 15) is 4.79 Å². The standard InChI is InChI=1S/C18H19BrClNO2/c1-11(2)10-23-17-7-5-13(8-15(17)19)18(22)21-14-6-4-12(3)16(20)9-14/h4-9,11H,10H2,1-3H3,(H,21,22). The fourth-order valence-electron chi connectivity index (χ4n) is 1.89. The first-order valence-electron chi connectivity index (χ1n) is 7.36. The number of amides is 1. The third kappa shape index (κ3) is 4.98. The van der Waals surface area contributed by atoms with Gasteiger partial charge in [-0.1, -0.05) is 31.5 Å². The SMILES string of the molecule is Cc1ccc(NC(=O)c2ccc(OCC(C)C)c(Br)c2)cc1Cl. The van der Waals surface area contributed by atoms with Crippen LogP contribution >= 0.6 is 27.5 Å². The van der Waals surface area contributed by atoms with Crippen molar-refractivity contribution in [3.05, 3.63) is 57.0 Å². The molecule has 1 amide bonds. The number of carbonyl (C=O) groups excluding carboxylic acids is 1. The summed E-state index contributed by atoms with van der Waals surface area (Å²) < 4.78 is 6.44. The van der Waals surface area contributed by atoms with Crippen LogP contribution in [0.25, 0.3) is 0 Å². The van der Waals surface area contributed by atoms with Gasteiger partial charge in [0.05, 0.1) is 11.1 Å². The van der Waals surface area contributed by atoms with Crippen LogP contribution in [0.5, 0.6) is 5.75 Å². The maximum Gasteiger partial charge on any atom is 0.255 e. The zero-order valence-electron chi connectivity index (χ0n) is 13.3. The van der Waals surface area contributed by atoms with Crippen molar-refractivity contribution in [2.75, 3.05) is 11.9 Å². The number of hydrogen-bond acceptors (Lipinski definition) is 2. The molecule has 122 valence electrons. The number of halogens is 2. The molecule has 3 nitrogen and oxygen atoms in total. The summed E-state index contributed by atoms with van der Waals surface area (Å²) in [6.07, 6.45) is 0. The molecule has 0 aromatic heterocycles. The van der Waals surface area contributed by atoms with Crippen LogP contribution in [-0.4, -0.2) is 12.5 Å². The lowest BCUT2D eigenvalue weighted by Crippen LogP contribution is -2.12. The van der Waals surface area contributed by atoms with Gasteiger partial charge in [-0.2, -0.15) is 0 Å². The Balaban J connectivity index is 2.10. The number of anilines is 1. The van der Waals surface area contributed by atoms with E-state index in [-0.39, 0.29) is 5.91 Å². The number of hydrogen-bond donors (Lipinski definition) is 1. The van der Waals surface area contributed by atoms with Crippen molar-refractivity contribution in [1.82, 2.24) is 0 Å². The fraction of sp³-hybridized carbons (Fsp3) is 0.278. The molecule has 0 fully saturated rings. The minimum atomic E-state index is -0.193. The third-order valence-electron chi connectivity index (χ3n) is 3.20. The predicted molar refractivity (Wildman–Crippen MR) is 98.6 cm³/mol. The van der Waals surface area contributed by atoms with Crippen molar-refractivity contribution < 1.29 is 9.53 Å². The van der Waals surface area contributed by atoms with Crippen molar-refractivity contribution in [2.24, 2.45) is 5.92 Å². The average molecular weight is 397 g/mol. The highest BCUT2D eigenvalue weighted by molar-refractivity contribution is 9.10. The van der Waals surface area contributed by atoms with E-state index < -0.39 is 0 Å². The van der Waals surface area contributed by atoms with Crippen molar-refractivity contribution in [2.45, 2.75) is 20.8 Å². The zero-order chi connectivity index (χ0) is 17.0. The van der Waals surface area contributed by atoms with Crippen LogP contribution in [0.3, 0.4) is 0 Å². The van der Waals surface area contributed by atoms with Gasteiger partial charge in [-0.15, -0.1) is 0 Å². The van der Waals surface area contributed by atoms with Gasteiger partial charge in [0.1, 0.15) is 5.75 Å². The summed E-state index contributed by atoms with van der Waals surface area (Å²) >= 11 is 9.52. The van der Waals surface area contributed by atoms with Gasteiger partial charge in [-0.3, -0.25) is 4.79 Å². The van der Waals surface area contributed by atoms with Crippen LogP contribution in [-0.2, 0) is 0 Å². The molecule has 0 radical (unpaired) electrons. The molecule has 0 unspecified atom stereocenters. The van der Waals surface area contributed by atoms with E-state index in [0.717, 1.165) is 15.8 Å². The molecule has 0 heterocycles. The molecule has 23 heavy (non-hydrogen) atoms. The molecule has 2 rings (SSSR count). The topological polar surface area (TPSA) is 38.3 Å². The normalized spacial score (nSPS) is 10.7. The Labute approximate surface area is 150 Å². The van der Waals surface area contributed by atoms with Gasteiger partial charge in [0.15, 0.2) is 0 Å². The lowest BCUT2D eigenvalue weighted by Gasteiger charge is -2.12. The highest BCUT2D eigenvalue weighted by atomic mass is 79.9. The summed E-state index contributed by atoms with van der Waals surface area (Å²) in [5, 5.41) is 3.46. The molecule has 2 aromatic rings. The Morgan fingerprint density at radius 2 is 2.00 bits per heavy atom. The van der Waals surface area contributed by atoms with Crippen molar-refractivity contribution in [3.63, 3.8) is 0 Å². The molecule has 0 atom stereocenters. The van der Waals surface area contributed by atoms with Gasteiger partial charge in [0, 0.05) is 16.3 Å². The first kappa shape index (κ1) is 17.8. The molecule has 0 bridgehead atoms. The Kier molecular flexibility index (Phi) is 6.08. The van der Waals surface area contributed by atoms with Crippen molar-refractivity contribution in [1.29, 1.82) is 0 Å². The van der Waals surface area contributed by atoms with Crippen molar-refractivity contribution >= 4 is 39.1 Å². The Bertz CT molecular complexity index is 716. The Morgan fingerprint density at radius 3 is 2.61 bits per heavy atom. The number of rotatable bonds is 5. The van der Waals surface area contributed by atoms with Crippen LogP contribution in [0.15, 0.2) is 40.9 Å². The number of aryl methyl sites for hydroxylation is 1. The third-order valence-corrected chi connectivity index (χ3v) is 4.22. The van der Waals surface area contributed by atoms with E-state index in [1.807, 2.05) is 19.1 Å². The number of benzene rings is 2. The van der Waals surface area contributed by atoms with Crippen LogP contribution in [0, 0.1) is 12.8 Å². The molecular formula is C18H19BrClNO2. The molecule has 0 aliphatic rings. The second-order valence-corrected chi connectivity index (χ2v) is 7.03. The Hall–Kier alpha value is -1.52. The van der Waals surface area contributed by atoms with Gasteiger partial charge < -0.3 is 10.1 Å². The summed E-state index contributed by atoms with van der Waals surface area (Å²) in [7, 11) is 0. The summed E-state index contributed by atoms with van der Waals surface area (Å²) in [5.74, 6) is 0.978. The largest absolute Gasteiger partial charge is 0.492 e. The first-order valence-corrected chi connectivity index (χ1v) is 8.53. The monoisotopic (exact) mass is 395 g/mol. The number of nitrogens with one attached hydrogen (secondary N) is 1. The minimum Gasteiger partial charge on any atom is -0.492 e. The Morgan fingerprint density at radius 1 is 1.26 bits per heavy atom. The molecule has 0 saturated carbocycles. The minimum absolute atomic E-state index is 0.193. The first-order chi connectivity index (χ1) is 10.9. The smallest absolute Gasteiger partial charge is 0.255 e. The molecular weight excluding hydrogens is 378 g/mol. The van der Waals surface area contributed by atoms with Gasteiger partial charge in [0.2, 0.25) is 0 Å². The van der Waals surface area contributed by atoms with E-state index in [1.165, 1.54) is 0 Å². The molecule has 0 saturated heterocycles. The summed E-state index contributed by atoms with van der Waals surface area (Å²) in [6.45, 7) is 6.72. The summed E-state index contributed by atoms with van der Waals surface area (Å²) in [6, 6.07) is 10.7. The lowest BCUT2D eigenvalue weighted by atomic mass is 10.2. The molecule has 2 aromatic carbocycles. The van der Waals surface area contributed by atoms with E-state index in [2.05, 4.69) is 35.1 Å². The summed E-state index contributed by atoms with van der Waals surface area (Å²) in [4.78, 5) is 12.3. The fourth-order valence-corrected chi connectivity index (χ4v) is 2.56. The van der Waals surface area contributed by atoms with E-state index in [4.69, 9.17) is 16.3 Å².